The molecule has 0 saturated heterocycles. The minimum atomic E-state index is -0.722. The van der Waals surface area contributed by atoms with E-state index in [1.165, 1.54) is 15.8 Å². The van der Waals surface area contributed by atoms with E-state index in [2.05, 4.69) is 22.4 Å². The van der Waals surface area contributed by atoms with E-state index in [4.69, 9.17) is 4.74 Å². The summed E-state index contributed by atoms with van der Waals surface area (Å²) in [6, 6.07) is 6.57. The number of nitrogens with zero attached hydrogens (tertiary/aromatic N) is 3. The molecule has 0 saturated carbocycles. The van der Waals surface area contributed by atoms with Gasteiger partial charge in [-0.1, -0.05) is 6.92 Å². The average Bonchev–Trinajstić information content (AvgIpc) is 3.12. The molecular weight excluding hydrogens is 400 g/mol. The maximum Gasteiger partial charge on any atom is 0.263 e. The van der Waals surface area contributed by atoms with Gasteiger partial charge in [0.2, 0.25) is 0 Å². The maximum absolute atomic E-state index is 13.1. The first-order valence-corrected chi connectivity index (χ1v) is 10.8. The van der Waals surface area contributed by atoms with Crippen molar-refractivity contribution in [2.24, 2.45) is 11.0 Å². The lowest BCUT2D eigenvalue weighted by Crippen LogP contribution is -2.34. The van der Waals surface area contributed by atoms with E-state index in [0.29, 0.717) is 11.3 Å². The van der Waals surface area contributed by atoms with Crippen LogP contribution in [0.5, 0.6) is 5.75 Å². The molecule has 0 bridgehead atoms. The summed E-state index contributed by atoms with van der Waals surface area (Å²) in [4.78, 5) is 32.2. The van der Waals surface area contributed by atoms with Crippen molar-refractivity contribution >= 4 is 33.7 Å². The van der Waals surface area contributed by atoms with Crippen molar-refractivity contribution in [1.29, 1.82) is 0 Å². The zero-order chi connectivity index (χ0) is 21.3. The smallest absolute Gasteiger partial charge is 0.263 e. The number of rotatable bonds is 5. The van der Waals surface area contributed by atoms with Gasteiger partial charge in [0.15, 0.2) is 0 Å². The Kier molecular flexibility index (Phi) is 5.67. The van der Waals surface area contributed by atoms with Crippen LogP contribution in [0, 0.1) is 5.92 Å². The second-order valence-corrected chi connectivity index (χ2v) is 8.76. The Labute approximate surface area is 178 Å². The largest absolute Gasteiger partial charge is 0.497 e. The highest BCUT2D eigenvalue weighted by Crippen LogP contribution is 2.35. The van der Waals surface area contributed by atoms with Crippen LogP contribution in [0.4, 0.5) is 0 Å². The second kappa shape index (κ2) is 8.39. The van der Waals surface area contributed by atoms with Crippen LogP contribution in [0.2, 0.25) is 0 Å². The Morgan fingerprint density at radius 2 is 2.17 bits per heavy atom. The number of hydrogen-bond donors (Lipinski definition) is 1. The zero-order valence-corrected chi connectivity index (χ0v) is 18.0. The molecule has 0 aliphatic heterocycles. The minimum absolute atomic E-state index is 0.158. The molecule has 1 aromatic carbocycles. The van der Waals surface area contributed by atoms with Gasteiger partial charge >= 0.3 is 0 Å². The van der Waals surface area contributed by atoms with Crippen LogP contribution in [0.3, 0.4) is 0 Å². The molecule has 0 spiro atoms. The molecule has 7 nitrogen and oxygen atoms in total. The fourth-order valence-corrected chi connectivity index (χ4v) is 5.04. The number of methoxy groups -OCH3 is 1. The molecule has 2 aromatic heterocycles. The van der Waals surface area contributed by atoms with Gasteiger partial charge in [0.1, 0.15) is 16.6 Å². The molecule has 0 radical (unpaired) electrons. The normalized spacial score (nSPS) is 17.1. The lowest BCUT2D eigenvalue weighted by molar-refractivity contribution is -0.123. The number of aromatic nitrogens is 2. The number of carbonyl (C=O) groups excluding carboxylic acids is 1. The molecular formula is C22H24N4O3S. The van der Waals surface area contributed by atoms with E-state index in [0.717, 1.165) is 41.0 Å². The summed E-state index contributed by atoms with van der Waals surface area (Å²) in [6.45, 7) is 3.91. The first-order valence-electron chi connectivity index (χ1n) is 9.96. The molecule has 2 atom stereocenters. The molecule has 156 valence electrons. The van der Waals surface area contributed by atoms with E-state index >= 15 is 0 Å². The lowest BCUT2D eigenvalue weighted by atomic mass is 9.89. The number of nitrogens with one attached hydrogen (secondary N) is 1. The Hall–Kier alpha value is -3.00. The highest BCUT2D eigenvalue weighted by atomic mass is 32.1. The second-order valence-electron chi connectivity index (χ2n) is 7.67. The third kappa shape index (κ3) is 3.87. The van der Waals surface area contributed by atoms with Gasteiger partial charge in [0.05, 0.1) is 25.0 Å². The van der Waals surface area contributed by atoms with Crippen LogP contribution in [0.1, 0.15) is 42.3 Å². The summed E-state index contributed by atoms with van der Waals surface area (Å²) < 4.78 is 6.51. The first-order chi connectivity index (χ1) is 14.5. The van der Waals surface area contributed by atoms with Gasteiger partial charge in [-0.3, -0.25) is 14.2 Å². The molecule has 1 N–H and O–H groups in total. The predicted molar refractivity (Wildman–Crippen MR) is 119 cm³/mol. The van der Waals surface area contributed by atoms with E-state index in [1.807, 2.05) is 24.3 Å². The Bertz CT molecular complexity index is 1160. The summed E-state index contributed by atoms with van der Waals surface area (Å²) >= 11 is 1.60. The SMILES string of the molecule is COc1ccc(C=NNC(=O)C(C)n2cnc3sc4c(c3c2=O)CCC(C)C4)cc1. The lowest BCUT2D eigenvalue weighted by Gasteiger charge is -2.18. The fourth-order valence-electron chi connectivity index (χ4n) is 3.70. The first kappa shape index (κ1) is 20.3. The van der Waals surface area contributed by atoms with Crippen molar-refractivity contribution in [3.63, 3.8) is 0 Å². The monoisotopic (exact) mass is 424 g/mol. The molecule has 0 fully saturated rings. The third-order valence-electron chi connectivity index (χ3n) is 5.54. The number of amides is 1. The van der Waals surface area contributed by atoms with Crippen molar-refractivity contribution in [2.45, 2.75) is 39.2 Å². The fraction of sp³-hybridized carbons (Fsp3) is 0.364. The van der Waals surface area contributed by atoms with Gasteiger partial charge in [-0.25, -0.2) is 10.4 Å². The standard InChI is InChI=1S/C22H24N4O3S/c1-13-4-9-17-18(10-13)30-21-19(17)22(28)26(12-23-21)14(2)20(27)25-24-11-15-5-7-16(29-3)8-6-15/h5-8,11-14H,4,9-10H2,1-3H3,(H,25,27). The van der Waals surface area contributed by atoms with Crippen molar-refractivity contribution in [3.8, 4) is 5.75 Å². The number of hydrogen-bond acceptors (Lipinski definition) is 6. The number of hydrazone groups is 1. The quantitative estimate of drug-likeness (QED) is 0.503. The van der Waals surface area contributed by atoms with Gasteiger partial charge in [-0.15, -0.1) is 11.3 Å². The average molecular weight is 425 g/mol. The van der Waals surface area contributed by atoms with E-state index in [9.17, 15) is 9.59 Å². The minimum Gasteiger partial charge on any atom is -0.497 e. The molecule has 30 heavy (non-hydrogen) atoms. The number of benzene rings is 1. The Morgan fingerprint density at radius 1 is 1.40 bits per heavy atom. The number of aryl methyl sites for hydroxylation is 1. The van der Waals surface area contributed by atoms with Crippen molar-refractivity contribution < 1.29 is 9.53 Å². The highest BCUT2D eigenvalue weighted by Gasteiger charge is 2.25. The van der Waals surface area contributed by atoms with Gasteiger partial charge < -0.3 is 4.74 Å². The summed E-state index contributed by atoms with van der Waals surface area (Å²) in [5.74, 6) is 0.999. The summed E-state index contributed by atoms with van der Waals surface area (Å²) in [5, 5.41) is 4.68. The molecule has 8 heteroatoms. The van der Waals surface area contributed by atoms with Crippen LogP contribution >= 0.6 is 11.3 Å². The summed E-state index contributed by atoms with van der Waals surface area (Å²) in [5.41, 5.74) is 4.29. The van der Waals surface area contributed by atoms with Crippen molar-refractivity contribution in [2.75, 3.05) is 7.11 Å². The number of fused-ring (bicyclic) bond motifs is 3. The Balaban J connectivity index is 1.52. The van der Waals surface area contributed by atoms with Crippen molar-refractivity contribution in [3.05, 3.63) is 57.0 Å². The van der Waals surface area contributed by atoms with Gasteiger partial charge in [-0.05, 0) is 67.5 Å². The Morgan fingerprint density at radius 3 is 2.90 bits per heavy atom. The number of thiophene rings is 1. The molecule has 1 amide bonds. The van der Waals surface area contributed by atoms with Crippen LogP contribution in [0.15, 0.2) is 40.5 Å². The maximum atomic E-state index is 13.1. The molecule has 1 aliphatic carbocycles. The summed E-state index contributed by atoms with van der Waals surface area (Å²) in [7, 11) is 1.60. The summed E-state index contributed by atoms with van der Waals surface area (Å²) in [6.07, 6.45) is 5.97. The third-order valence-corrected chi connectivity index (χ3v) is 6.70. The van der Waals surface area contributed by atoms with E-state index in [-0.39, 0.29) is 11.5 Å². The predicted octanol–water partition coefficient (Wildman–Crippen LogP) is 3.30. The molecule has 4 rings (SSSR count). The molecule has 2 heterocycles. The van der Waals surface area contributed by atoms with Crippen LogP contribution in [-0.2, 0) is 17.6 Å². The van der Waals surface area contributed by atoms with Crippen LogP contribution in [0.25, 0.3) is 10.2 Å². The van der Waals surface area contributed by atoms with Gasteiger partial charge in [0, 0.05) is 4.88 Å². The zero-order valence-electron chi connectivity index (χ0n) is 17.2. The topological polar surface area (TPSA) is 85.6 Å². The molecule has 3 aromatic rings. The van der Waals surface area contributed by atoms with Crippen LogP contribution < -0.4 is 15.7 Å². The van der Waals surface area contributed by atoms with Crippen molar-refractivity contribution in [1.82, 2.24) is 15.0 Å². The number of carbonyl (C=O) groups is 1. The van der Waals surface area contributed by atoms with E-state index in [1.54, 1.807) is 31.6 Å². The van der Waals surface area contributed by atoms with E-state index < -0.39 is 6.04 Å². The number of ether oxygens (including phenoxy) is 1. The van der Waals surface area contributed by atoms with Gasteiger partial charge in [-0.2, -0.15) is 5.10 Å². The van der Waals surface area contributed by atoms with Crippen LogP contribution in [-0.4, -0.2) is 28.8 Å². The molecule has 1 aliphatic rings. The van der Waals surface area contributed by atoms with Gasteiger partial charge in [0.25, 0.3) is 11.5 Å². The highest BCUT2D eigenvalue weighted by molar-refractivity contribution is 7.18. The molecule has 2 unspecified atom stereocenters.